The molecular formula is C21H26Br2N4O2. The van der Waals surface area contributed by atoms with Crippen LogP contribution in [-0.4, -0.2) is 37.4 Å². The molecule has 8 heteroatoms. The van der Waals surface area contributed by atoms with E-state index in [4.69, 9.17) is 4.98 Å². The van der Waals surface area contributed by atoms with Gasteiger partial charge in [0.05, 0.1) is 16.7 Å². The molecule has 0 aliphatic rings. The molecule has 0 unspecified atom stereocenters. The van der Waals surface area contributed by atoms with Crippen LogP contribution in [0.15, 0.2) is 48.7 Å². The number of nitrogens with zero attached hydrogens (tertiary/aromatic N) is 4. The molecule has 0 aliphatic heterocycles. The Morgan fingerprint density at radius 1 is 0.897 bits per heavy atom. The molecule has 0 atom stereocenters. The second-order valence-corrected chi connectivity index (χ2v) is 6.66. The smallest absolute Gasteiger partial charge is 0.234 e. The monoisotopic (exact) mass is 524 g/mol. The lowest BCUT2D eigenvalue weighted by Crippen LogP contribution is -2.34. The van der Waals surface area contributed by atoms with E-state index in [-0.39, 0.29) is 45.5 Å². The number of hydrogen-bond donors (Lipinski definition) is 2. The molecule has 0 saturated carbocycles. The van der Waals surface area contributed by atoms with Gasteiger partial charge in [-0.05, 0) is 56.5 Å². The number of benzene rings is 2. The number of hydrogen-bond acceptors (Lipinski definition) is 4. The maximum Gasteiger partial charge on any atom is 0.234 e. The van der Waals surface area contributed by atoms with Crippen molar-refractivity contribution in [1.82, 2.24) is 14.1 Å². The van der Waals surface area contributed by atoms with Crippen molar-refractivity contribution in [2.24, 2.45) is 0 Å². The molecule has 0 radical (unpaired) electrons. The summed E-state index contributed by atoms with van der Waals surface area (Å²) in [7, 11) is 0. The lowest BCUT2D eigenvalue weighted by molar-refractivity contribution is 0.403. The van der Waals surface area contributed by atoms with Gasteiger partial charge in [-0.2, -0.15) is 0 Å². The number of rotatable bonds is 6. The average molecular weight is 526 g/mol. The minimum absolute atomic E-state index is 0. The van der Waals surface area contributed by atoms with Gasteiger partial charge in [0.15, 0.2) is 11.5 Å². The van der Waals surface area contributed by atoms with Gasteiger partial charge in [0.25, 0.3) is 0 Å². The predicted molar refractivity (Wildman–Crippen MR) is 128 cm³/mol. The quantitative estimate of drug-likeness (QED) is 0.360. The van der Waals surface area contributed by atoms with Crippen LogP contribution in [-0.2, 0) is 12.8 Å². The summed E-state index contributed by atoms with van der Waals surface area (Å²) >= 11 is 0. The highest BCUT2D eigenvalue weighted by atomic mass is 79.9. The number of aromatic nitrogens is 3. The Labute approximate surface area is 190 Å². The van der Waals surface area contributed by atoms with Gasteiger partial charge in [-0.15, -0.1) is 34.0 Å². The Hall–Kier alpha value is -2.19. The summed E-state index contributed by atoms with van der Waals surface area (Å²) in [5.74, 6) is 0.746. The molecule has 0 spiro atoms. The highest BCUT2D eigenvalue weighted by Gasteiger charge is 2.16. The van der Waals surface area contributed by atoms with Gasteiger partial charge in [0, 0.05) is 19.3 Å². The van der Waals surface area contributed by atoms with Gasteiger partial charge in [0.1, 0.15) is 0 Å². The van der Waals surface area contributed by atoms with Crippen molar-refractivity contribution in [3.8, 4) is 11.5 Å². The number of aromatic hydroxyl groups is 2. The summed E-state index contributed by atoms with van der Waals surface area (Å²) in [6, 6.07) is 13.3. The van der Waals surface area contributed by atoms with Crippen LogP contribution in [0.2, 0.25) is 0 Å². The summed E-state index contributed by atoms with van der Waals surface area (Å²) in [6.07, 6.45) is 3.60. The third kappa shape index (κ3) is 4.23. The van der Waals surface area contributed by atoms with Gasteiger partial charge in [-0.25, -0.2) is 9.66 Å². The Morgan fingerprint density at radius 3 is 2.24 bits per heavy atom. The van der Waals surface area contributed by atoms with E-state index in [0.717, 1.165) is 54.0 Å². The van der Waals surface area contributed by atoms with Crippen molar-refractivity contribution >= 4 is 50.8 Å². The van der Waals surface area contributed by atoms with E-state index >= 15 is 0 Å². The molecule has 0 fully saturated rings. The van der Waals surface area contributed by atoms with Crippen LogP contribution in [0.3, 0.4) is 0 Å². The standard InChI is InChI=1S/C21H24N4O2.2BrH/c1-3-23(4-2)25-18-8-6-5-7-17(18)24-14-16(22-21(24)25)11-9-15-10-12-19(26)20(27)13-15;;/h5-8,10,12-14,26-27H,3-4,9,11H2,1-2H3;2*1H. The van der Waals surface area contributed by atoms with Crippen LogP contribution >= 0.6 is 34.0 Å². The topological polar surface area (TPSA) is 65.9 Å². The third-order valence-corrected chi connectivity index (χ3v) is 5.02. The molecule has 29 heavy (non-hydrogen) atoms. The van der Waals surface area contributed by atoms with E-state index in [1.165, 1.54) is 6.07 Å². The minimum atomic E-state index is -0.0915. The zero-order valence-corrected chi connectivity index (χ0v) is 19.9. The first-order valence-corrected chi connectivity index (χ1v) is 9.35. The molecule has 0 bridgehead atoms. The molecule has 156 valence electrons. The summed E-state index contributed by atoms with van der Waals surface area (Å²) in [5, 5.41) is 21.4. The Balaban J connectivity index is 0.00000150. The largest absolute Gasteiger partial charge is 0.504 e. The second-order valence-electron chi connectivity index (χ2n) is 6.66. The van der Waals surface area contributed by atoms with Gasteiger partial charge in [-0.1, -0.05) is 18.2 Å². The van der Waals surface area contributed by atoms with E-state index < -0.39 is 0 Å². The molecule has 4 aromatic rings. The van der Waals surface area contributed by atoms with Crippen LogP contribution in [0.1, 0.15) is 25.1 Å². The van der Waals surface area contributed by atoms with Crippen LogP contribution in [0.4, 0.5) is 0 Å². The SMILES string of the molecule is Br.Br.CCN(CC)n1c2ccccc2n2cc(CCc3ccc(O)c(O)c3)nc12. The van der Waals surface area contributed by atoms with E-state index in [0.29, 0.717) is 0 Å². The van der Waals surface area contributed by atoms with Crippen molar-refractivity contribution in [3.05, 3.63) is 59.9 Å². The molecule has 4 rings (SSSR count). The number of phenolic OH excluding ortho intramolecular Hbond substituents is 2. The van der Waals surface area contributed by atoms with Crippen molar-refractivity contribution < 1.29 is 10.2 Å². The van der Waals surface area contributed by atoms with E-state index in [9.17, 15) is 10.2 Å². The highest BCUT2D eigenvalue weighted by Crippen LogP contribution is 2.26. The second kappa shape index (κ2) is 9.54. The van der Waals surface area contributed by atoms with E-state index in [1.807, 2.05) is 12.1 Å². The molecular weight excluding hydrogens is 500 g/mol. The molecule has 2 heterocycles. The summed E-state index contributed by atoms with van der Waals surface area (Å²) in [5.41, 5.74) is 4.27. The Morgan fingerprint density at radius 2 is 1.59 bits per heavy atom. The fourth-order valence-electron chi connectivity index (χ4n) is 3.60. The molecule has 2 N–H and O–H groups in total. The number of phenols is 2. The van der Waals surface area contributed by atoms with Crippen molar-refractivity contribution in [3.63, 3.8) is 0 Å². The minimum Gasteiger partial charge on any atom is -0.504 e. The molecule has 0 aliphatic carbocycles. The predicted octanol–water partition coefficient (Wildman–Crippen LogP) is 4.62. The number of fused-ring (bicyclic) bond motifs is 3. The Bertz CT molecular complexity index is 1100. The lowest BCUT2D eigenvalue weighted by atomic mass is 10.1. The summed E-state index contributed by atoms with van der Waals surface area (Å²) < 4.78 is 4.35. The molecule has 2 aromatic carbocycles. The van der Waals surface area contributed by atoms with Gasteiger partial charge < -0.3 is 15.2 Å². The van der Waals surface area contributed by atoms with Crippen molar-refractivity contribution in [2.75, 3.05) is 18.1 Å². The fraction of sp³-hybridized carbons (Fsp3) is 0.286. The maximum atomic E-state index is 9.67. The van der Waals surface area contributed by atoms with Crippen LogP contribution in [0, 0.1) is 0 Å². The van der Waals surface area contributed by atoms with E-state index in [2.05, 4.69) is 52.3 Å². The zero-order valence-electron chi connectivity index (χ0n) is 16.4. The van der Waals surface area contributed by atoms with Crippen LogP contribution < -0.4 is 5.01 Å². The van der Waals surface area contributed by atoms with Gasteiger partial charge >= 0.3 is 0 Å². The number of aryl methyl sites for hydroxylation is 2. The average Bonchev–Trinajstić information content (AvgIpc) is 3.22. The molecule has 0 saturated heterocycles. The number of para-hydroxylation sites is 2. The normalized spacial score (nSPS) is 10.7. The summed E-state index contributed by atoms with van der Waals surface area (Å²) in [6.45, 7) is 6.10. The van der Waals surface area contributed by atoms with Gasteiger partial charge in [0.2, 0.25) is 5.78 Å². The number of imidazole rings is 2. The van der Waals surface area contributed by atoms with E-state index in [1.54, 1.807) is 6.07 Å². The van der Waals surface area contributed by atoms with Crippen LogP contribution in [0.25, 0.3) is 16.8 Å². The molecule has 2 aromatic heterocycles. The Kier molecular flexibility index (Phi) is 7.60. The molecule has 6 nitrogen and oxygen atoms in total. The molecule has 0 amide bonds. The summed E-state index contributed by atoms with van der Waals surface area (Å²) in [4.78, 5) is 4.89. The first kappa shape index (κ1) is 23.1. The fourth-order valence-corrected chi connectivity index (χ4v) is 3.60. The third-order valence-electron chi connectivity index (χ3n) is 5.02. The lowest BCUT2D eigenvalue weighted by Gasteiger charge is -2.23. The first-order chi connectivity index (χ1) is 13.1. The first-order valence-electron chi connectivity index (χ1n) is 9.35. The van der Waals surface area contributed by atoms with Crippen molar-refractivity contribution in [1.29, 1.82) is 0 Å². The van der Waals surface area contributed by atoms with Gasteiger partial charge in [-0.3, -0.25) is 4.40 Å². The van der Waals surface area contributed by atoms with Crippen molar-refractivity contribution in [2.45, 2.75) is 26.7 Å². The van der Waals surface area contributed by atoms with Crippen LogP contribution in [0.5, 0.6) is 11.5 Å². The number of halogens is 2. The zero-order chi connectivity index (χ0) is 19.0. The maximum absolute atomic E-state index is 9.67. The highest BCUT2D eigenvalue weighted by molar-refractivity contribution is 8.93.